The Kier molecular flexibility index (Phi) is 5.25. The number of rotatable bonds is 5. The Hall–Kier alpha value is -2.51. The van der Waals surface area contributed by atoms with Crippen molar-refractivity contribution in [1.82, 2.24) is 4.98 Å². The summed E-state index contributed by atoms with van der Waals surface area (Å²) in [5.74, 6) is 0.759. The van der Waals surface area contributed by atoms with Gasteiger partial charge in [0.15, 0.2) is 11.5 Å². The first-order chi connectivity index (χ1) is 11.0. The number of amides is 1. The second-order valence-corrected chi connectivity index (χ2v) is 4.94. The molecule has 1 aromatic carbocycles. The fraction of sp³-hybridized carbons (Fsp3) is 0.200. The first kappa shape index (κ1) is 16.9. The third kappa shape index (κ3) is 3.64. The summed E-state index contributed by atoms with van der Waals surface area (Å²) in [6.45, 7) is 0. The highest BCUT2D eigenvalue weighted by atomic mass is 35.5. The number of aromatic nitrogens is 1. The van der Waals surface area contributed by atoms with Crippen LogP contribution in [0.3, 0.4) is 0 Å². The van der Waals surface area contributed by atoms with E-state index < -0.39 is 12.2 Å². The van der Waals surface area contributed by atoms with E-state index in [4.69, 9.17) is 26.2 Å². The smallest absolute Gasteiger partial charge is 0.410 e. The van der Waals surface area contributed by atoms with Crippen LogP contribution in [0.2, 0.25) is 5.02 Å². The number of halogens is 1. The SMILES string of the molecule is COc1cccc(C(O)c2cc(Cl)cnc2NC(=O)O)c1OC. The Morgan fingerprint density at radius 2 is 2.04 bits per heavy atom. The van der Waals surface area contributed by atoms with Gasteiger partial charge >= 0.3 is 6.09 Å². The van der Waals surface area contributed by atoms with Crippen molar-refractivity contribution in [3.8, 4) is 11.5 Å². The van der Waals surface area contributed by atoms with E-state index in [1.165, 1.54) is 26.5 Å². The maximum atomic E-state index is 10.9. The number of methoxy groups -OCH3 is 2. The summed E-state index contributed by atoms with van der Waals surface area (Å²) >= 11 is 5.91. The van der Waals surface area contributed by atoms with E-state index in [-0.39, 0.29) is 16.4 Å². The Morgan fingerprint density at radius 3 is 2.65 bits per heavy atom. The summed E-state index contributed by atoms with van der Waals surface area (Å²) in [4.78, 5) is 14.8. The Bertz CT molecular complexity index is 723. The molecule has 2 aromatic rings. The molecule has 1 aromatic heterocycles. The summed E-state index contributed by atoms with van der Waals surface area (Å²) in [5, 5.41) is 22.0. The van der Waals surface area contributed by atoms with Crippen molar-refractivity contribution in [1.29, 1.82) is 0 Å². The van der Waals surface area contributed by atoms with E-state index in [1.54, 1.807) is 18.2 Å². The molecule has 1 amide bonds. The molecule has 1 unspecified atom stereocenters. The van der Waals surface area contributed by atoms with Gasteiger partial charge in [-0.15, -0.1) is 0 Å². The summed E-state index contributed by atoms with van der Waals surface area (Å²) < 4.78 is 10.5. The van der Waals surface area contributed by atoms with Crippen LogP contribution < -0.4 is 14.8 Å². The van der Waals surface area contributed by atoms with Crippen LogP contribution >= 0.6 is 11.6 Å². The number of benzene rings is 1. The number of aliphatic hydroxyl groups is 1. The van der Waals surface area contributed by atoms with Gasteiger partial charge in [0.05, 0.1) is 19.2 Å². The van der Waals surface area contributed by atoms with E-state index in [9.17, 15) is 9.90 Å². The minimum atomic E-state index is -1.30. The molecule has 23 heavy (non-hydrogen) atoms. The fourth-order valence-electron chi connectivity index (χ4n) is 2.16. The van der Waals surface area contributed by atoms with Gasteiger partial charge in [-0.1, -0.05) is 23.7 Å². The highest BCUT2D eigenvalue weighted by Crippen LogP contribution is 2.39. The third-order valence-electron chi connectivity index (χ3n) is 3.13. The van der Waals surface area contributed by atoms with Gasteiger partial charge in [-0.25, -0.2) is 9.78 Å². The molecule has 3 N–H and O–H groups in total. The number of hydrogen-bond donors (Lipinski definition) is 3. The van der Waals surface area contributed by atoms with E-state index in [1.807, 2.05) is 0 Å². The maximum Gasteiger partial charge on any atom is 0.410 e. The molecule has 1 heterocycles. The molecule has 0 bridgehead atoms. The zero-order valence-corrected chi connectivity index (χ0v) is 13.2. The highest BCUT2D eigenvalue weighted by Gasteiger charge is 2.23. The van der Waals surface area contributed by atoms with E-state index in [0.717, 1.165) is 0 Å². The number of carboxylic acid groups (broad SMARTS) is 1. The first-order valence-electron chi connectivity index (χ1n) is 6.52. The lowest BCUT2D eigenvalue weighted by Crippen LogP contribution is -2.14. The van der Waals surface area contributed by atoms with Crippen LogP contribution in [0.4, 0.5) is 10.6 Å². The van der Waals surface area contributed by atoms with Gasteiger partial charge in [-0.3, -0.25) is 5.32 Å². The number of nitrogens with zero attached hydrogens (tertiary/aromatic N) is 1. The van der Waals surface area contributed by atoms with Gasteiger partial charge < -0.3 is 19.7 Å². The number of ether oxygens (including phenoxy) is 2. The van der Waals surface area contributed by atoms with Gasteiger partial charge in [0.2, 0.25) is 0 Å². The number of pyridine rings is 1. The van der Waals surface area contributed by atoms with Crippen molar-refractivity contribution >= 4 is 23.5 Å². The molecular weight excluding hydrogens is 324 g/mol. The molecule has 0 saturated carbocycles. The van der Waals surface area contributed by atoms with Gasteiger partial charge in [0.25, 0.3) is 0 Å². The summed E-state index contributed by atoms with van der Waals surface area (Å²) in [5.41, 5.74) is 0.593. The highest BCUT2D eigenvalue weighted by molar-refractivity contribution is 6.30. The molecule has 7 nitrogen and oxygen atoms in total. The monoisotopic (exact) mass is 338 g/mol. The molecule has 0 fully saturated rings. The van der Waals surface area contributed by atoms with Crippen molar-refractivity contribution in [3.63, 3.8) is 0 Å². The van der Waals surface area contributed by atoms with Crippen LogP contribution in [0.5, 0.6) is 11.5 Å². The average Bonchev–Trinajstić information content (AvgIpc) is 2.54. The fourth-order valence-corrected chi connectivity index (χ4v) is 2.33. The lowest BCUT2D eigenvalue weighted by Gasteiger charge is -2.19. The summed E-state index contributed by atoms with van der Waals surface area (Å²) in [6, 6.07) is 6.44. The molecular formula is C15H15ClN2O5. The molecule has 0 spiro atoms. The standard InChI is InChI=1S/C15H15ClN2O5/c1-22-11-5-3-4-9(13(11)23-2)12(19)10-6-8(16)7-17-14(10)18-15(20)21/h3-7,12,19H,1-2H3,(H,17,18)(H,20,21). The van der Waals surface area contributed by atoms with Crippen LogP contribution in [0, 0.1) is 0 Å². The number of para-hydroxylation sites is 1. The molecule has 0 aliphatic heterocycles. The number of aliphatic hydroxyl groups excluding tert-OH is 1. The van der Waals surface area contributed by atoms with Gasteiger partial charge in [-0.05, 0) is 12.1 Å². The number of nitrogens with one attached hydrogen (secondary N) is 1. The molecule has 8 heteroatoms. The average molecular weight is 339 g/mol. The van der Waals surface area contributed by atoms with Crippen LogP contribution in [0.15, 0.2) is 30.5 Å². The second kappa shape index (κ2) is 7.17. The van der Waals surface area contributed by atoms with Crippen molar-refractivity contribution in [3.05, 3.63) is 46.6 Å². The van der Waals surface area contributed by atoms with Crippen molar-refractivity contribution < 1.29 is 24.5 Å². The van der Waals surface area contributed by atoms with Crippen molar-refractivity contribution in [2.45, 2.75) is 6.10 Å². The molecule has 0 radical (unpaired) electrons. The molecule has 0 aliphatic rings. The molecule has 1 atom stereocenters. The lowest BCUT2D eigenvalue weighted by molar-refractivity contribution is 0.208. The number of hydrogen-bond acceptors (Lipinski definition) is 5. The first-order valence-corrected chi connectivity index (χ1v) is 6.90. The second-order valence-electron chi connectivity index (χ2n) is 4.51. The van der Waals surface area contributed by atoms with Gasteiger partial charge in [-0.2, -0.15) is 0 Å². The number of carbonyl (C=O) groups is 1. The zero-order chi connectivity index (χ0) is 17.0. The minimum absolute atomic E-state index is 0.0146. The number of anilines is 1. The summed E-state index contributed by atoms with van der Waals surface area (Å²) in [7, 11) is 2.92. The van der Waals surface area contributed by atoms with E-state index in [0.29, 0.717) is 17.1 Å². The van der Waals surface area contributed by atoms with Crippen molar-refractivity contribution in [2.24, 2.45) is 0 Å². The molecule has 0 saturated heterocycles. The predicted octanol–water partition coefficient (Wildman–Crippen LogP) is 2.92. The normalized spacial score (nSPS) is 11.7. The quantitative estimate of drug-likeness (QED) is 0.775. The molecule has 0 aliphatic carbocycles. The minimum Gasteiger partial charge on any atom is -0.493 e. The third-order valence-corrected chi connectivity index (χ3v) is 3.34. The largest absolute Gasteiger partial charge is 0.493 e. The predicted molar refractivity (Wildman–Crippen MR) is 84.5 cm³/mol. The Morgan fingerprint density at radius 1 is 1.30 bits per heavy atom. The van der Waals surface area contributed by atoms with Crippen LogP contribution in [-0.2, 0) is 0 Å². The Balaban J connectivity index is 2.54. The lowest BCUT2D eigenvalue weighted by atomic mass is 10.0. The zero-order valence-electron chi connectivity index (χ0n) is 12.4. The van der Waals surface area contributed by atoms with Crippen LogP contribution in [-0.4, -0.2) is 35.5 Å². The van der Waals surface area contributed by atoms with Gasteiger partial charge in [0.1, 0.15) is 11.9 Å². The molecule has 2 rings (SSSR count). The topological polar surface area (TPSA) is 101 Å². The Labute approximate surface area is 137 Å². The van der Waals surface area contributed by atoms with Crippen molar-refractivity contribution in [2.75, 3.05) is 19.5 Å². The molecule has 122 valence electrons. The maximum absolute atomic E-state index is 10.9. The van der Waals surface area contributed by atoms with Crippen LogP contribution in [0.1, 0.15) is 17.2 Å². The van der Waals surface area contributed by atoms with E-state index >= 15 is 0 Å². The van der Waals surface area contributed by atoms with Crippen LogP contribution in [0.25, 0.3) is 0 Å². The van der Waals surface area contributed by atoms with E-state index in [2.05, 4.69) is 10.3 Å². The summed E-state index contributed by atoms with van der Waals surface area (Å²) in [6.07, 6.45) is -1.23. The van der Waals surface area contributed by atoms with Gasteiger partial charge in [0, 0.05) is 17.3 Å².